The first-order valence-corrected chi connectivity index (χ1v) is 6.46. The predicted molar refractivity (Wildman–Crippen MR) is 79.4 cm³/mol. The summed E-state index contributed by atoms with van der Waals surface area (Å²) in [5.74, 6) is -0.571. The van der Waals surface area contributed by atoms with Gasteiger partial charge in [-0.2, -0.15) is 0 Å². The first kappa shape index (κ1) is 14.9. The molecule has 1 atom stereocenters. The van der Waals surface area contributed by atoms with Gasteiger partial charge in [-0.25, -0.2) is 4.79 Å². The van der Waals surface area contributed by atoms with Crippen LogP contribution in [0.4, 0.5) is 5.69 Å². The molecule has 0 aromatic heterocycles. The maximum absolute atomic E-state index is 12.0. The first-order chi connectivity index (χ1) is 9.95. The summed E-state index contributed by atoms with van der Waals surface area (Å²) >= 11 is 5.07. The number of nitrogens with zero attached hydrogens (tertiary/aromatic N) is 1. The van der Waals surface area contributed by atoms with Crippen molar-refractivity contribution in [3.05, 3.63) is 51.2 Å². The number of rotatable bonds is 3. The lowest BCUT2D eigenvalue weighted by Gasteiger charge is -2.29. The lowest BCUT2D eigenvalue weighted by Crippen LogP contribution is -2.45. The van der Waals surface area contributed by atoms with E-state index < -0.39 is 16.9 Å². The molecule has 1 heterocycles. The van der Waals surface area contributed by atoms with Gasteiger partial charge in [-0.15, -0.1) is 0 Å². The number of ether oxygens (including phenoxy) is 1. The normalized spacial score (nSPS) is 17.8. The maximum Gasteiger partial charge on any atom is 0.337 e. The molecule has 2 N–H and O–H groups in total. The maximum atomic E-state index is 12.0. The number of nitro benzene ring substituents is 1. The number of carbonyl (C=O) groups excluding carboxylic acids is 1. The second-order valence-electron chi connectivity index (χ2n) is 4.38. The van der Waals surface area contributed by atoms with Crippen LogP contribution in [-0.2, 0) is 9.53 Å². The number of methoxy groups -OCH3 is 1. The molecule has 1 aromatic rings. The topological polar surface area (TPSA) is 93.5 Å². The van der Waals surface area contributed by atoms with Gasteiger partial charge in [0.25, 0.3) is 5.69 Å². The minimum Gasteiger partial charge on any atom is -0.466 e. The molecule has 7 nitrogen and oxygen atoms in total. The van der Waals surface area contributed by atoms with Crippen molar-refractivity contribution in [2.75, 3.05) is 7.11 Å². The largest absolute Gasteiger partial charge is 0.466 e. The van der Waals surface area contributed by atoms with Gasteiger partial charge in [0.1, 0.15) is 0 Å². The van der Waals surface area contributed by atoms with E-state index in [0.29, 0.717) is 16.4 Å². The Bertz CT molecular complexity index is 657. The number of carbonyl (C=O) groups is 1. The van der Waals surface area contributed by atoms with Crippen molar-refractivity contribution < 1.29 is 14.5 Å². The van der Waals surface area contributed by atoms with Crippen LogP contribution in [0.25, 0.3) is 0 Å². The average molecular weight is 307 g/mol. The van der Waals surface area contributed by atoms with Gasteiger partial charge in [-0.05, 0) is 25.2 Å². The van der Waals surface area contributed by atoms with Crippen LogP contribution in [-0.4, -0.2) is 23.1 Å². The van der Waals surface area contributed by atoms with Gasteiger partial charge in [0, 0.05) is 11.8 Å². The molecule has 1 aliphatic rings. The minimum atomic E-state index is -0.729. The molecule has 0 saturated heterocycles. The quantitative estimate of drug-likeness (QED) is 0.379. The highest BCUT2D eigenvalue weighted by Crippen LogP contribution is 2.33. The van der Waals surface area contributed by atoms with Crippen molar-refractivity contribution in [2.45, 2.75) is 13.0 Å². The number of hydrogen-bond acceptors (Lipinski definition) is 5. The molecule has 0 saturated carbocycles. The summed E-state index contributed by atoms with van der Waals surface area (Å²) in [5.41, 5.74) is 1.04. The standard InChI is InChI=1S/C13H13N3O4S/c1-7-10(12(17)20-2)11(15-13(21)14-7)8-5-3-4-6-9(8)16(18)19/h3-6,11H,1-2H3,(H2,14,15,21). The van der Waals surface area contributed by atoms with Crippen LogP contribution in [0.2, 0.25) is 0 Å². The van der Waals surface area contributed by atoms with Crippen LogP contribution in [0, 0.1) is 10.1 Å². The van der Waals surface area contributed by atoms with Crippen molar-refractivity contribution in [1.29, 1.82) is 0 Å². The number of esters is 1. The second kappa shape index (κ2) is 5.88. The summed E-state index contributed by atoms with van der Waals surface area (Å²) in [7, 11) is 1.26. The minimum absolute atomic E-state index is 0.0890. The molecular formula is C13H13N3O4S. The number of allylic oxidation sites excluding steroid dienone is 1. The summed E-state index contributed by atoms with van der Waals surface area (Å²) in [4.78, 5) is 22.7. The Balaban J connectivity index is 2.60. The number of thiocarbonyl (C=S) groups is 1. The second-order valence-corrected chi connectivity index (χ2v) is 4.79. The number of para-hydroxylation sites is 1. The molecule has 0 fully saturated rings. The third-order valence-corrected chi connectivity index (χ3v) is 3.34. The van der Waals surface area contributed by atoms with Crippen LogP contribution >= 0.6 is 12.2 Å². The van der Waals surface area contributed by atoms with Gasteiger partial charge in [0.2, 0.25) is 0 Å². The highest BCUT2D eigenvalue weighted by atomic mass is 32.1. The molecule has 1 aliphatic heterocycles. The van der Waals surface area contributed by atoms with Crippen LogP contribution < -0.4 is 10.6 Å². The van der Waals surface area contributed by atoms with Crippen LogP contribution in [0.3, 0.4) is 0 Å². The van der Waals surface area contributed by atoms with Gasteiger partial charge < -0.3 is 15.4 Å². The van der Waals surface area contributed by atoms with E-state index in [9.17, 15) is 14.9 Å². The number of benzene rings is 1. The molecule has 110 valence electrons. The van der Waals surface area contributed by atoms with Crippen molar-refractivity contribution in [3.8, 4) is 0 Å². The van der Waals surface area contributed by atoms with Gasteiger partial charge in [0.05, 0.1) is 29.2 Å². The molecular weight excluding hydrogens is 294 g/mol. The van der Waals surface area contributed by atoms with Crippen LogP contribution in [0.5, 0.6) is 0 Å². The zero-order valence-corrected chi connectivity index (χ0v) is 12.2. The zero-order valence-electron chi connectivity index (χ0n) is 11.4. The molecule has 8 heteroatoms. The Kier molecular flexibility index (Phi) is 4.18. The lowest BCUT2D eigenvalue weighted by molar-refractivity contribution is -0.385. The fourth-order valence-electron chi connectivity index (χ4n) is 2.21. The summed E-state index contributed by atoms with van der Waals surface area (Å²) < 4.78 is 4.76. The Hall–Kier alpha value is -2.48. The number of hydrogen-bond donors (Lipinski definition) is 2. The van der Waals surface area contributed by atoms with Crippen molar-refractivity contribution in [2.24, 2.45) is 0 Å². The van der Waals surface area contributed by atoms with Crippen molar-refractivity contribution in [1.82, 2.24) is 10.6 Å². The van der Waals surface area contributed by atoms with E-state index in [1.807, 2.05) is 0 Å². The number of nitro groups is 1. The third kappa shape index (κ3) is 2.84. The van der Waals surface area contributed by atoms with E-state index in [4.69, 9.17) is 17.0 Å². The molecule has 2 rings (SSSR count). The monoisotopic (exact) mass is 307 g/mol. The Morgan fingerprint density at radius 1 is 1.43 bits per heavy atom. The molecule has 0 bridgehead atoms. The molecule has 0 spiro atoms. The van der Waals surface area contributed by atoms with E-state index in [0.717, 1.165) is 0 Å². The lowest BCUT2D eigenvalue weighted by atomic mass is 9.94. The average Bonchev–Trinajstić information content (AvgIpc) is 2.45. The molecule has 0 radical (unpaired) electrons. The summed E-state index contributed by atoms with van der Waals surface area (Å²) in [6.45, 7) is 1.67. The van der Waals surface area contributed by atoms with Gasteiger partial charge >= 0.3 is 5.97 Å². The summed E-state index contributed by atoms with van der Waals surface area (Å²) in [6, 6.07) is 5.47. The van der Waals surface area contributed by atoms with E-state index >= 15 is 0 Å². The number of nitrogens with one attached hydrogen (secondary N) is 2. The van der Waals surface area contributed by atoms with Crippen LogP contribution in [0.15, 0.2) is 35.5 Å². The summed E-state index contributed by atoms with van der Waals surface area (Å²) in [5, 5.41) is 17.2. The Labute approximate surface area is 126 Å². The Morgan fingerprint density at radius 2 is 2.10 bits per heavy atom. The fourth-order valence-corrected chi connectivity index (χ4v) is 2.48. The highest BCUT2D eigenvalue weighted by molar-refractivity contribution is 7.80. The predicted octanol–water partition coefficient (Wildman–Crippen LogP) is 1.56. The smallest absolute Gasteiger partial charge is 0.337 e. The summed E-state index contributed by atoms with van der Waals surface area (Å²) in [6.07, 6.45) is 0. The molecule has 1 unspecified atom stereocenters. The first-order valence-electron chi connectivity index (χ1n) is 6.05. The van der Waals surface area contributed by atoms with Gasteiger partial charge in [0.15, 0.2) is 5.11 Å². The van der Waals surface area contributed by atoms with E-state index in [1.165, 1.54) is 13.2 Å². The van der Waals surface area contributed by atoms with E-state index in [2.05, 4.69) is 10.6 Å². The third-order valence-electron chi connectivity index (χ3n) is 3.12. The molecule has 0 amide bonds. The molecule has 0 aliphatic carbocycles. The highest BCUT2D eigenvalue weighted by Gasteiger charge is 2.34. The van der Waals surface area contributed by atoms with Crippen molar-refractivity contribution in [3.63, 3.8) is 0 Å². The van der Waals surface area contributed by atoms with E-state index in [-0.39, 0.29) is 11.3 Å². The Morgan fingerprint density at radius 3 is 2.71 bits per heavy atom. The SMILES string of the molecule is COC(=O)C1=C(C)NC(=S)NC1c1ccccc1[N+](=O)[O-]. The van der Waals surface area contributed by atoms with Crippen molar-refractivity contribution >= 4 is 29.0 Å². The molecule has 1 aromatic carbocycles. The van der Waals surface area contributed by atoms with Crippen LogP contribution in [0.1, 0.15) is 18.5 Å². The van der Waals surface area contributed by atoms with Gasteiger partial charge in [-0.1, -0.05) is 12.1 Å². The molecule has 21 heavy (non-hydrogen) atoms. The fraction of sp³-hybridized carbons (Fsp3) is 0.231. The zero-order chi connectivity index (χ0) is 15.6. The van der Waals surface area contributed by atoms with E-state index in [1.54, 1.807) is 25.1 Å². The van der Waals surface area contributed by atoms with Gasteiger partial charge in [-0.3, -0.25) is 10.1 Å².